The highest BCUT2D eigenvalue weighted by Crippen LogP contribution is 2.42. The molecule has 0 bridgehead atoms. The fraction of sp³-hybridized carbons (Fsp3) is 0.636. The van der Waals surface area contributed by atoms with E-state index in [0.29, 0.717) is 6.61 Å². The van der Waals surface area contributed by atoms with Gasteiger partial charge in [-0.15, -0.1) is 0 Å². The largest absolute Gasteiger partial charge is 0.402 e. The molecule has 2 fully saturated rings. The van der Waals surface area contributed by atoms with Crippen LogP contribution in [0.2, 0.25) is 5.04 Å². The Hall–Kier alpha value is -1.46. The third-order valence-electron chi connectivity index (χ3n) is 8.49. The summed E-state index contributed by atoms with van der Waals surface area (Å²) >= 11 is 0. The van der Waals surface area contributed by atoms with Gasteiger partial charge in [0.15, 0.2) is 5.79 Å². The van der Waals surface area contributed by atoms with E-state index in [-0.39, 0.29) is 23.0 Å². The van der Waals surface area contributed by atoms with Crippen LogP contribution >= 0.6 is 0 Å². The van der Waals surface area contributed by atoms with Crippen LogP contribution in [0.4, 0.5) is 0 Å². The molecule has 204 valence electrons. The third-order valence-corrected chi connectivity index (χ3v) is 13.6. The summed E-state index contributed by atoms with van der Waals surface area (Å²) in [5.41, 5.74) is 0. The molecule has 0 unspecified atom stereocenters. The van der Waals surface area contributed by atoms with Gasteiger partial charge in [-0.05, 0) is 34.7 Å². The molecular formula is C33H50O3Si. The second-order valence-corrected chi connectivity index (χ2v) is 16.6. The lowest BCUT2D eigenvalue weighted by atomic mass is 9.94. The molecule has 0 radical (unpaired) electrons. The Balaban J connectivity index is 1.66. The van der Waals surface area contributed by atoms with Gasteiger partial charge in [0, 0.05) is 12.8 Å². The van der Waals surface area contributed by atoms with Crippen molar-refractivity contribution >= 4 is 18.7 Å². The van der Waals surface area contributed by atoms with Crippen molar-refractivity contribution in [2.24, 2.45) is 0 Å². The topological polar surface area (TPSA) is 27.7 Å². The molecule has 1 aliphatic carbocycles. The fourth-order valence-electron chi connectivity index (χ4n) is 6.48. The highest BCUT2D eigenvalue weighted by molar-refractivity contribution is 6.99. The molecule has 1 aliphatic heterocycles. The summed E-state index contributed by atoms with van der Waals surface area (Å²) in [5.74, 6) is -0.378. The molecule has 4 rings (SSSR count). The van der Waals surface area contributed by atoms with Crippen LogP contribution in [-0.4, -0.2) is 32.9 Å². The SMILES string of the molecule is CCCCCCCC[C@H](O[Si](c1ccccc1)(c1ccccc1)C(C)(C)C)[C@H]1COC2(CCCCC2)O1. The number of ether oxygens (including phenoxy) is 2. The summed E-state index contributed by atoms with van der Waals surface area (Å²) in [7, 11) is -2.66. The second-order valence-electron chi connectivity index (χ2n) is 12.3. The second kappa shape index (κ2) is 13.1. The molecule has 4 heteroatoms. The Labute approximate surface area is 227 Å². The fourth-order valence-corrected chi connectivity index (χ4v) is 11.2. The highest BCUT2D eigenvalue weighted by atomic mass is 28.4. The number of rotatable bonds is 12. The average molecular weight is 523 g/mol. The highest BCUT2D eigenvalue weighted by Gasteiger charge is 2.54. The van der Waals surface area contributed by atoms with Crippen molar-refractivity contribution < 1.29 is 13.9 Å². The van der Waals surface area contributed by atoms with Crippen LogP contribution in [0.15, 0.2) is 60.7 Å². The number of benzene rings is 2. The van der Waals surface area contributed by atoms with Gasteiger partial charge in [0.05, 0.1) is 12.7 Å². The van der Waals surface area contributed by atoms with Crippen molar-refractivity contribution in [1.29, 1.82) is 0 Å². The quantitative estimate of drug-likeness (QED) is 0.211. The van der Waals surface area contributed by atoms with Crippen molar-refractivity contribution in [3.05, 3.63) is 60.7 Å². The van der Waals surface area contributed by atoms with Gasteiger partial charge in [-0.1, -0.05) is 133 Å². The van der Waals surface area contributed by atoms with Gasteiger partial charge in [0.2, 0.25) is 0 Å². The van der Waals surface area contributed by atoms with Crippen LogP contribution in [0.25, 0.3) is 0 Å². The zero-order valence-electron chi connectivity index (χ0n) is 23.8. The standard InChI is InChI=1S/C33H50O3Si/c1-5-6-7-8-9-17-24-30(31-27-34-33(35-31)25-18-12-19-26-33)36-37(32(2,3)4,28-20-13-10-14-21-28)29-22-15-11-16-23-29/h10-11,13-16,20-23,30-31H,5-9,12,17-19,24-27H2,1-4H3/t30-,31+/m0/s1. The molecular weight excluding hydrogens is 472 g/mol. The Morgan fingerprint density at radius 3 is 1.97 bits per heavy atom. The first kappa shape index (κ1) is 28.5. The van der Waals surface area contributed by atoms with Gasteiger partial charge in [0.1, 0.15) is 6.10 Å². The van der Waals surface area contributed by atoms with Crippen LogP contribution in [0.3, 0.4) is 0 Å². The Morgan fingerprint density at radius 1 is 0.838 bits per heavy atom. The van der Waals surface area contributed by atoms with Crippen molar-refractivity contribution in [1.82, 2.24) is 0 Å². The first-order valence-corrected chi connectivity index (χ1v) is 16.9. The molecule has 2 aromatic carbocycles. The van der Waals surface area contributed by atoms with Gasteiger partial charge in [0.25, 0.3) is 8.32 Å². The minimum atomic E-state index is -2.66. The van der Waals surface area contributed by atoms with E-state index in [0.717, 1.165) is 19.3 Å². The summed E-state index contributed by atoms with van der Waals surface area (Å²) in [6.45, 7) is 10.0. The van der Waals surface area contributed by atoms with Crippen molar-refractivity contribution in [3.8, 4) is 0 Å². The Kier molecular flexibility index (Phi) is 10.1. The molecule has 0 aromatic heterocycles. The maximum Gasteiger partial charge on any atom is 0.261 e. The summed E-state index contributed by atoms with van der Waals surface area (Å²) in [5, 5.41) is 2.64. The molecule has 2 aliphatic rings. The van der Waals surface area contributed by atoms with E-state index in [2.05, 4.69) is 88.4 Å². The maximum absolute atomic E-state index is 7.65. The number of hydrogen-bond donors (Lipinski definition) is 0. The first-order valence-electron chi connectivity index (χ1n) is 15.0. The smallest absolute Gasteiger partial charge is 0.261 e. The lowest BCUT2D eigenvalue weighted by Crippen LogP contribution is -2.68. The van der Waals surface area contributed by atoms with E-state index in [9.17, 15) is 0 Å². The van der Waals surface area contributed by atoms with E-state index < -0.39 is 8.32 Å². The molecule has 3 nitrogen and oxygen atoms in total. The van der Waals surface area contributed by atoms with Crippen LogP contribution in [0, 0.1) is 0 Å². The summed E-state index contributed by atoms with van der Waals surface area (Å²) < 4.78 is 21.0. The molecule has 37 heavy (non-hydrogen) atoms. The number of unbranched alkanes of at least 4 members (excludes halogenated alkanes) is 5. The van der Waals surface area contributed by atoms with Gasteiger partial charge < -0.3 is 13.9 Å². The molecule has 1 saturated carbocycles. The lowest BCUT2D eigenvalue weighted by Gasteiger charge is -2.46. The normalized spacial score (nSPS) is 20.8. The first-order chi connectivity index (χ1) is 17.9. The van der Waals surface area contributed by atoms with Gasteiger partial charge in [-0.25, -0.2) is 0 Å². The summed E-state index contributed by atoms with van der Waals surface area (Å²) in [6.07, 6.45) is 14.5. The molecule has 1 saturated heterocycles. The average Bonchev–Trinajstić information content (AvgIpc) is 3.31. The van der Waals surface area contributed by atoms with E-state index in [1.165, 1.54) is 68.2 Å². The minimum Gasteiger partial charge on any atom is -0.402 e. The van der Waals surface area contributed by atoms with E-state index in [1.807, 2.05) is 0 Å². The van der Waals surface area contributed by atoms with Crippen LogP contribution in [-0.2, 0) is 13.9 Å². The molecule has 2 aromatic rings. The van der Waals surface area contributed by atoms with Crippen LogP contribution in [0.5, 0.6) is 0 Å². The molecule has 1 spiro atoms. The molecule has 1 heterocycles. The monoisotopic (exact) mass is 522 g/mol. The summed E-state index contributed by atoms with van der Waals surface area (Å²) in [4.78, 5) is 0. The zero-order valence-corrected chi connectivity index (χ0v) is 24.8. The van der Waals surface area contributed by atoms with E-state index in [4.69, 9.17) is 13.9 Å². The van der Waals surface area contributed by atoms with E-state index in [1.54, 1.807) is 0 Å². The van der Waals surface area contributed by atoms with Gasteiger partial charge in [-0.3, -0.25) is 0 Å². The predicted octanol–water partition coefficient (Wildman–Crippen LogP) is 7.76. The minimum absolute atomic E-state index is 0.00427. The van der Waals surface area contributed by atoms with E-state index >= 15 is 0 Å². The third kappa shape index (κ3) is 6.76. The van der Waals surface area contributed by atoms with Crippen LogP contribution < -0.4 is 10.4 Å². The van der Waals surface area contributed by atoms with Crippen LogP contribution in [0.1, 0.15) is 105 Å². The zero-order chi connectivity index (χ0) is 26.2. The molecule has 2 atom stereocenters. The lowest BCUT2D eigenvalue weighted by molar-refractivity contribution is -0.194. The maximum atomic E-state index is 7.65. The van der Waals surface area contributed by atoms with Crippen molar-refractivity contribution in [3.63, 3.8) is 0 Å². The Morgan fingerprint density at radius 2 is 1.41 bits per heavy atom. The van der Waals surface area contributed by atoms with Gasteiger partial charge >= 0.3 is 0 Å². The predicted molar refractivity (Wildman–Crippen MR) is 157 cm³/mol. The molecule has 0 amide bonds. The van der Waals surface area contributed by atoms with Crippen molar-refractivity contribution in [2.75, 3.05) is 6.61 Å². The Bertz CT molecular complexity index is 878. The van der Waals surface area contributed by atoms with Crippen molar-refractivity contribution in [2.45, 2.75) is 128 Å². The number of hydrogen-bond acceptors (Lipinski definition) is 3. The van der Waals surface area contributed by atoms with Gasteiger partial charge in [-0.2, -0.15) is 0 Å². The summed E-state index contributed by atoms with van der Waals surface area (Å²) in [6, 6.07) is 22.1. The molecule has 0 N–H and O–H groups in total.